The molecule has 7 heteroatoms. The Balaban J connectivity index is 1.36. The van der Waals surface area contributed by atoms with Crippen LogP contribution in [0.5, 0.6) is 5.75 Å². The number of thiophene rings is 1. The smallest absolute Gasteiger partial charge is 0.303 e. The lowest BCUT2D eigenvalue weighted by Crippen LogP contribution is -2.41. The number of fused-ring (bicyclic) bond motifs is 1. The first-order valence-corrected chi connectivity index (χ1v) is 13.4. The fraction of sp³-hybridized carbons (Fsp3) is 0.429. The molecule has 1 aliphatic heterocycles. The summed E-state index contributed by atoms with van der Waals surface area (Å²) in [5.74, 6) is 7.48. The number of aliphatic carboxylic acids is 1. The molecular formula is C28H31ClN2O3S. The molecule has 0 aliphatic carbocycles. The number of nitrogens with zero attached hydrogens (tertiary/aromatic N) is 2. The highest BCUT2D eigenvalue weighted by molar-refractivity contribution is 7.11. The maximum atomic E-state index is 11.3. The van der Waals surface area contributed by atoms with Gasteiger partial charge in [-0.05, 0) is 91.8 Å². The number of hydrogen-bond donors (Lipinski definition) is 1. The molecule has 0 saturated carbocycles. The first-order valence-electron chi connectivity index (χ1n) is 12.1. The lowest BCUT2D eigenvalue weighted by atomic mass is 9.79. The topological polar surface area (TPSA) is 62.7 Å². The second-order valence-corrected chi connectivity index (χ2v) is 10.4. The third-order valence-electron chi connectivity index (χ3n) is 6.89. The van der Waals surface area contributed by atoms with E-state index in [9.17, 15) is 9.90 Å². The summed E-state index contributed by atoms with van der Waals surface area (Å²) in [5.41, 5.74) is 2.27. The highest BCUT2D eigenvalue weighted by atomic mass is 35.5. The minimum absolute atomic E-state index is 0.222. The average molecular weight is 511 g/mol. The minimum atomic E-state index is -0.717. The number of aryl methyl sites for hydroxylation is 1. The maximum Gasteiger partial charge on any atom is 0.303 e. The molecule has 1 N–H and O–H groups in total. The van der Waals surface area contributed by atoms with Crippen molar-refractivity contribution in [3.63, 3.8) is 0 Å². The third-order valence-corrected chi connectivity index (χ3v) is 8.14. The van der Waals surface area contributed by atoms with Gasteiger partial charge >= 0.3 is 5.97 Å². The average Bonchev–Trinajstić information content (AvgIpc) is 3.28. The Kier molecular flexibility index (Phi) is 9.03. The molecule has 0 bridgehead atoms. The number of carbonyl (C=O) groups is 1. The van der Waals surface area contributed by atoms with E-state index in [-0.39, 0.29) is 6.42 Å². The number of carboxylic acid groups (broad SMARTS) is 1. The molecule has 1 aromatic carbocycles. The molecule has 5 nitrogen and oxygen atoms in total. The van der Waals surface area contributed by atoms with Gasteiger partial charge in [-0.25, -0.2) is 0 Å². The van der Waals surface area contributed by atoms with Gasteiger partial charge in [0, 0.05) is 24.5 Å². The predicted molar refractivity (Wildman–Crippen MR) is 142 cm³/mol. The van der Waals surface area contributed by atoms with E-state index in [1.54, 1.807) is 18.4 Å². The van der Waals surface area contributed by atoms with Gasteiger partial charge in [0.1, 0.15) is 5.75 Å². The Morgan fingerprint density at radius 3 is 2.94 bits per heavy atom. The van der Waals surface area contributed by atoms with Crippen molar-refractivity contribution in [2.45, 2.75) is 38.5 Å². The van der Waals surface area contributed by atoms with Crippen LogP contribution in [0.3, 0.4) is 0 Å². The summed E-state index contributed by atoms with van der Waals surface area (Å²) in [5, 5.41) is 13.1. The molecule has 3 heterocycles. The molecule has 3 aromatic rings. The van der Waals surface area contributed by atoms with Crippen LogP contribution in [0.1, 0.15) is 42.5 Å². The van der Waals surface area contributed by atoms with Gasteiger partial charge in [-0.2, -0.15) is 0 Å². The number of ether oxygens (including phenoxy) is 1. The lowest BCUT2D eigenvalue weighted by Gasteiger charge is -2.38. The summed E-state index contributed by atoms with van der Waals surface area (Å²) in [6.45, 7) is 2.59. The Labute approximate surface area is 216 Å². The van der Waals surface area contributed by atoms with Crippen molar-refractivity contribution in [1.29, 1.82) is 0 Å². The highest BCUT2D eigenvalue weighted by Gasteiger charge is 2.29. The van der Waals surface area contributed by atoms with Crippen LogP contribution in [0.4, 0.5) is 0 Å². The molecule has 1 aliphatic rings. The molecule has 184 valence electrons. The number of aromatic nitrogens is 1. The van der Waals surface area contributed by atoms with E-state index in [1.165, 1.54) is 5.56 Å². The largest absolute Gasteiger partial charge is 0.497 e. The molecule has 1 saturated heterocycles. The standard InChI is InChI=1S/C28H31ClN2O3S/c1-34-23-8-9-26-24(18-23)21(11-14-30-26)5-2-4-20-12-16-31(19-22(20)7-10-28(32)33)15-3-6-27-25(29)13-17-35-27/h8-9,11,13-14,17-18,20,22H,2,4-5,7,10,12,15-16,19H2,1H3,(H,32,33)/t20-,22+/m1/s1. The SMILES string of the molecule is COc1ccc2nccc(CCC[C@@H]3CCN(CC#Cc4sccc4Cl)C[C@@H]3CCC(=O)O)c2c1. The summed E-state index contributed by atoms with van der Waals surface area (Å²) < 4.78 is 5.41. The fourth-order valence-electron chi connectivity index (χ4n) is 5.01. The lowest BCUT2D eigenvalue weighted by molar-refractivity contribution is -0.137. The van der Waals surface area contributed by atoms with E-state index in [2.05, 4.69) is 33.9 Å². The Morgan fingerprint density at radius 1 is 1.29 bits per heavy atom. The van der Waals surface area contributed by atoms with Crippen molar-refractivity contribution >= 4 is 39.8 Å². The van der Waals surface area contributed by atoms with Gasteiger partial charge in [0.15, 0.2) is 0 Å². The van der Waals surface area contributed by atoms with E-state index in [1.807, 2.05) is 29.8 Å². The van der Waals surface area contributed by atoms with Gasteiger partial charge < -0.3 is 9.84 Å². The van der Waals surface area contributed by atoms with Crippen LogP contribution in [-0.2, 0) is 11.2 Å². The van der Waals surface area contributed by atoms with Crippen molar-refractivity contribution in [3.05, 3.63) is 57.4 Å². The molecule has 0 radical (unpaired) electrons. The van der Waals surface area contributed by atoms with Gasteiger partial charge in [-0.1, -0.05) is 23.4 Å². The zero-order valence-electron chi connectivity index (χ0n) is 20.0. The van der Waals surface area contributed by atoms with Gasteiger partial charge in [-0.3, -0.25) is 14.7 Å². The van der Waals surface area contributed by atoms with Crippen LogP contribution in [0.25, 0.3) is 10.9 Å². The first-order chi connectivity index (χ1) is 17.0. The number of rotatable bonds is 9. The number of likely N-dealkylation sites (tertiary alicyclic amines) is 1. The van der Waals surface area contributed by atoms with Crippen LogP contribution in [-0.4, -0.2) is 47.7 Å². The molecule has 2 atom stereocenters. The number of methoxy groups -OCH3 is 1. The molecule has 0 spiro atoms. The molecule has 35 heavy (non-hydrogen) atoms. The molecule has 0 unspecified atom stereocenters. The first kappa shape index (κ1) is 25.5. The maximum absolute atomic E-state index is 11.3. The highest BCUT2D eigenvalue weighted by Crippen LogP contribution is 2.32. The molecule has 4 rings (SSSR count). The number of benzene rings is 1. The van der Waals surface area contributed by atoms with Crippen LogP contribution < -0.4 is 4.74 Å². The fourth-order valence-corrected chi connectivity index (χ4v) is 5.98. The monoisotopic (exact) mass is 510 g/mol. The molecule has 2 aromatic heterocycles. The number of piperidine rings is 1. The van der Waals surface area contributed by atoms with Gasteiger partial charge in [0.25, 0.3) is 0 Å². The van der Waals surface area contributed by atoms with E-state index >= 15 is 0 Å². The number of carboxylic acids is 1. The van der Waals surface area contributed by atoms with Crippen molar-refractivity contribution in [2.75, 3.05) is 26.7 Å². The number of pyridine rings is 1. The van der Waals surface area contributed by atoms with E-state index in [4.69, 9.17) is 16.3 Å². The Bertz CT molecular complexity index is 1220. The normalized spacial score (nSPS) is 18.2. The number of hydrogen-bond acceptors (Lipinski definition) is 5. The Hall–Kier alpha value is -2.59. The number of halogens is 1. The van der Waals surface area contributed by atoms with Crippen molar-refractivity contribution in [2.24, 2.45) is 11.8 Å². The summed E-state index contributed by atoms with van der Waals surface area (Å²) in [7, 11) is 1.68. The summed E-state index contributed by atoms with van der Waals surface area (Å²) >= 11 is 7.70. The van der Waals surface area contributed by atoms with E-state index < -0.39 is 5.97 Å². The second kappa shape index (κ2) is 12.4. The van der Waals surface area contributed by atoms with Crippen molar-refractivity contribution < 1.29 is 14.6 Å². The quantitative estimate of drug-likeness (QED) is 0.350. The molecule has 1 fully saturated rings. The van der Waals surface area contributed by atoms with E-state index in [0.29, 0.717) is 23.4 Å². The van der Waals surface area contributed by atoms with E-state index in [0.717, 1.165) is 66.7 Å². The van der Waals surface area contributed by atoms with Gasteiger partial charge in [0.05, 0.1) is 29.1 Å². The van der Waals surface area contributed by atoms with Crippen LogP contribution in [0.2, 0.25) is 5.02 Å². The van der Waals surface area contributed by atoms with Crippen LogP contribution in [0.15, 0.2) is 41.9 Å². The summed E-state index contributed by atoms with van der Waals surface area (Å²) in [6, 6.07) is 9.99. The van der Waals surface area contributed by atoms with Gasteiger partial charge in [-0.15, -0.1) is 11.3 Å². The molecule has 0 amide bonds. The summed E-state index contributed by atoms with van der Waals surface area (Å²) in [4.78, 5) is 19.0. The predicted octanol–water partition coefficient (Wildman–Crippen LogP) is 6.14. The zero-order valence-corrected chi connectivity index (χ0v) is 21.6. The third kappa shape index (κ3) is 6.98. The minimum Gasteiger partial charge on any atom is -0.497 e. The Morgan fingerprint density at radius 2 is 2.17 bits per heavy atom. The van der Waals surface area contributed by atoms with Gasteiger partial charge in [0.2, 0.25) is 0 Å². The molecular weight excluding hydrogens is 480 g/mol. The van der Waals surface area contributed by atoms with Crippen LogP contribution in [0, 0.1) is 23.7 Å². The second-order valence-electron chi connectivity index (χ2n) is 9.12. The zero-order chi connectivity index (χ0) is 24.6. The van der Waals surface area contributed by atoms with Crippen molar-refractivity contribution in [3.8, 4) is 17.6 Å². The summed E-state index contributed by atoms with van der Waals surface area (Å²) in [6.07, 6.45) is 7.05. The van der Waals surface area contributed by atoms with Crippen LogP contribution >= 0.6 is 22.9 Å². The van der Waals surface area contributed by atoms with Crippen molar-refractivity contribution in [1.82, 2.24) is 9.88 Å².